The van der Waals surface area contributed by atoms with E-state index in [1.54, 1.807) is 47.4 Å². The molecule has 3 aliphatic rings. The van der Waals surface area contributed by atoms with Gasteiger partial charge in [0.1, 0.15) is 59.9 Å². The van der Waals surface area contributed by atoms with Crippen molar-refractivity contribution in [1.29, 1.82) is 0 Å². The minimum Gasteiger partial charge on any atom is -0.342 e. The van der Waals surface area contributed by atoms with Crippen molar-refractivity contribution in [2.45, 2.75) is 207 Å². The molecule has 0 radical (unpaired) electrons. The molecule has 26 heteroatoms. The van der Waals surface area contributed by atoms with Gasteiger partial charge in [-0.2, -0.15) is 0 Å². The molecule has 0 unspecified atom stereocenters. The molecule has 0 aliphatic carbocycles. The summed E-state index contributed by atoms with van der Waals surface area (Å²) in [4.78, 5) is 188. The van der Waals surface area contributed by atoms with E-state index in [0.29, 0.717) is 42.1 Å². The van der Waals surface area contributed by atoms with E-state index in [0.717, 1.165) is 20.5 Å². The Morgan fingerprint density at radius 2 is 1.19 bits per heavy atom. The maximum Gasteiger partial charge on any atom is 0.246 e. The molecule has 2 aromatic rings. The number of nitrogens with zero attached hydrogens (tertiary/aromatic N) is 8. The summed E-state index contributed by atoms with van der Waals surface area (Å²) in [5.74, 6) is -8.43. The highest BCUT2D eigenvalue weighted by Crippen LogP contribution is 2.27. The molecule has 5 rings (SSSR count). The van der Waals surface area contributed by atoms with Crippen molar-refractivity contribution in [3.8, 4) is 0 Å². The highest BCUT2D eigenvalue weighted by Gasteiger charge is 2.47. The summed E-state index contributed by atoms with van der Waals surface area (Å²) >= 11 is 8.41. The Hall–Kier alpha value is -7.16. The molecule has 3 saturated heterocycles. The number of nitrogens with one attached hydrogen (secondary N) is 4. The molecule has 0 spiro atoms. The second-order valence-corrected chi connectivity index (χ2v) is 30.2. The fraction of sp³-hybridized carbons (Fsp3) is 0.634. The molecule has 536 valence electrons. The number of carbonyl (C=O) groups excluding carboxylic acids is 12. The number of allylic oxidation sites excluding steroid dienone is 1. The number of hydrogen-bond donors (Lipinski definition) is 4. The smallest absolute Gasteiger partial charge is 0.246 e. The minimum absolute atomic E-state index is 0.0396. The molecule has 3 heterocycles. The molecular weight excluding hydrogens is 1380 g/mol. The van der Waals surface area contributed by atoms with E-state index in [4.69, 9.17) is 11.6 Å². The Morgan fingerprint density at radius 3 is 1.74 bits per heavy atom. The lowest BCUT2D eigenvalue weighted by Crippen LogP contribution is -2.65. The van der Waals surface area contributed by atoms with Crippen molar-refractivity contribution >= 4 is 105 Å². The number of hydrogen-bond acceptors (Lipinski definition) is 12. The lowest BCUT2D eigenvalue weighted by molar-refractivity contribution is -0.160. The van der Waals surface area contributed by atoms with Gasteiger partial charge in [0, 0.05) is 83.4 Å². The average molecular weight is 1480 g/mol. The molecule has 3 fully saturated rings. The molecule has 2 aromatic carbocycles. The Bertz CT molecular complexity index is 3210. The van der Waals surface area contributed by atoms with E-state index in [2.05, 4.69) is 43.9 Å². The molecule has 0 saturated carbocycles. The zero-order valence-corrected chi connectivity index (χ0v) is 62.9. The van der Waals surface area contributed by atoms with E-state index in [9.17, 15) is 47.9 Å². The van der Waals surface area contributed by atoms with Crippen molar-refractivity contribution in [3.05, 3.63) is 79.9 Å². The van der Waals surface area contributed by atoms with Crippen LogP contribution in [0.15, 0.2) is 60.2 Å². The second-order valence-electron chi connectivity index (χ2n) is 28.5. The molecule has 97 heavy (non-hydrogen) atoms. The zero-order valence-electron chi connectivity index (χ0n) is 60.0. The maximum atomic E-state index is 15.2. The van der Waals surface area contributed by atoms with Crippen LogP contribution in [0.5, 0.6) is 0 Å². The first-order chi connectivity index (χ1) is 45.4. The number of carbonyl (C=O) groups is 12. The van der Waals surface area contributed by atoms with Gasteiger partial charge in [-0.1, -0.05) is 89.1 Å². The van der Waals surface area contributed by atoms with Crippen LogP contribution in [0, 0.1) is 21.3 Å². The van der Waals surface area contributed by atoms with Gasteiger partial charge < -0.3 is 60.5 Å². The molecule has 4 N–H and O–H groups in total. The number of fused-ring (bicyclic) bond motifs is 1. The topological polar surface area (TPSA) is 279 Å². The van der Waals surface area contributed by atoms with Gasteiger partial charge in [0.05, 0.1) is 13.0 Å². The van der Waals surface area contributed by atoms with Crippen molar-refractivity contribution < 1.29 is 57.5 Å². The molecule has 9 atom stereocenters. The average Bonchev–Trinajstić information content (AvgIpc) is 0.791. The van der Waals surface area contributed by atoms with Crippen LogP contribution in [0.3, 0.4) is 0 Å². The van der Waals surface area contributed by atoms with Crippen LogP contribution in [0.25, 0.3) is 0 Å². The first kappa shape index (κ1) is 80.5. The predicted molar refractivity (Wildman–Crippen MR) is 380 cm³/mol. The van der Waals surface area contributed by atoms with Crippen LogP contribution in [0.1, 0.15) is 145 Å². The van der Waals surface area contributed by atoms with E-state index >= 15 is 9.59 Å². The van der Waals surface area contributed by atoms with Gasteiger partial charge in [0.15, 0.2) is 0 Å². The third-order valence-corrected chi connectivity index (χ3v) is 19.7. The van der Waals surface area contributed by atoms with E-state index in [1.807, 2.05) is 67.5 Å². The lowest BCUT2D eigenvalue weighted by atomic mass is 9.96. The van der Waals surface area contributed by atoms with E-state index < -0.39 is 144 Å². The molecule has 0 aromatic heterocycles. The Labute approximate surface area is 592 Å². The summed E-state index contributed by atoms with van der Waals surface area (Å²) < 4.78 is 0.839. The normalized spacial score (nSPS) is 25.2. The Kier molecular flexibility index (Phi) is 29.9. The number of amides is 12. The van der Waals surface area contributed by atoms with E-state index in [-0.39, 0.29) is 69.2 Å². The zero-order chi connectivity index (χ0) is 72.7. The standard InChI is InChI=1S/C71H106ClIN12O12/c1-42(2)24-29-51-66(93)83(17)71(10,11)70(97)77-54(35-44(5)6)65(92)81(15)58(69(96)84-31-19-18-20-32-84)40-60(87)80(14)56(36-45(7)8)62(89)76-53(34-43(3)4)64(91)79(13)46(9)63(90)85-33-30-55(85)68(95)82(16)57(39-47-25-27-49(72)28-26-47)67(94)78(12)41-59(86)74-52(61(88)75-51)38-48-22-21-23-50(73)37-48/h21-28,37,43-46,51-58H,18-20,29-36,38-41H2,1-17H3,(H,74,86)(H,75,88)(H,76,89)(H,77,97)/t46-,51-,52-,53-,54-,55-,56-,57-,58-/m0/s1. The van der Waals surface area contributed by atoms with Crippen molar-refractivity contribution in [1.82, 2.24) is 60.5 Å². The third-order valence-electron chi connectivity index (χ3n) is 18.8. The number of rotatable bonds is 13. The minimum atomic E-state index is -1.72. The second kappa shape index (κ2) is 36.1. The molecule has 3 aliphatic heterocycles. The number of halogens is 2. The summed E-state index contributed by atoms with van der Waals surface area (Å²) in [6.07, 6.45) is 3.88. The highest BCUT2D eigenvalue weighted by molar-refractivity contribution is 14.1. The van der Waals surface area contributed by atoms with Crippen LogP contribution in [-0.4, -0.2) is 238 Å². The monoisotopic (exact) mass is 1480 g/mol. The summed E-state index contributed by atoms with van der Waals surface area (Å²) in [6.45, 7) is 19.6. The first-order valence-corrected chi connectivity index (χ1v) is 35.3. The van der Waals surface area contributed by atoms with Crippen LogP contribution in [-0.2, 0) is 70.4 Å². The Morgan fingerprint density at radius 1 is 0.608 bits per heavy atom. The summed E-state index contributed by atoms with van der Waals surface area (Å²) in [5, 5.41) is 11.9. The van der Waals surface area contributed by atoms with Crippen LogP contribution in [0.4, 0.5) is 0 Å². The number of likely N-dealkylation sites (N-methyl/N-ethyl adjacent to an activating group) is 6. The third kappa shape index (κ3) is 21.9. The first-order valence-electron chi connectivity index (χ1n) is 33.9. The van der Waals surface area contributed by atoms with Gasteiger partial charge in [-0.15, -0.1) is 0 Å². The molecule has 12 amide bonds. The maximum absolute atomic E-state index is 15.2. The molecule has 24 nitrogen and oxygen atoms in total. The molecular formula is C71H106ClIN12O12. The fourth-order valence-electron chi connectivity index (χ4n) is 12.3. The van der Waals surface area contributed by atoms with Gasteiger partial charge in [-0.05, 0) is 162 Å². The number of benzene rings is 2. The Balaban J connectivity index is 1.64. The quantitative estimate of drug-likeness (QED) is 0.149. The predicted octanol–water partition coefficient (Wildman–Crippen LogP) is 5.20. The van der Waals surface area contributed by atoms with Gasteiger partial charge >= 0.3 is 0 Å². The van der Waals surface area contributed by atoms with Crippen molar-refractivity contribution in [2.24, 2.45) is 17.8 Å². The van der Waals surface area contributed by atoms with Crippen molar-refractivity contribution in [2.75, 3.05) is 68.5 Å². The number of piperidine rings is 1. The largest absolute Gasteiger partial charge is 0.342 e. The van der Waals surface area contributed by atoms with Gasteiger partial charge in [0.25, 0.3) is 0 Å². The molecule has 0 bridgehead atoms. The van der Waals surface area contributed by atoms with Crippen LogP contribution >= 0.6 is 34.2 Å². The summed E-state index contributed by atoms with van der Waals surface area (Å²) in [5.41, 5.74) is 0.364. The van der Waals surface area contributed by atoms with Crippen LogP contribution in [0.2, 0.25) is 5.02 Å². The van der Waals surface area contributed by atoms with Gasteiger partial charge in [-0.25, -0.2) is 0 Å². The van der Waals surface area contributed by atoms with Crippen molar-refractivity contribution in [3.63, 3.8) is 0 Å². The van der Waals surface area contributed by atoms with E-state index in [1.165, 1.54) is 92.5 Å². The SMILES string of the molecule is CC(C)=CC[C@@H]1NC(=O)[C@H](Cc2cccc(I)c2)NC(=O)CN(C)C(=O)[C@H](Cc2ccc(Cl)cc2)N(C)C(=O)[C@@H]2CCN2C(=O)[C@H](C)N(C)C(=O)[C@H](CC(C)C)NC(=O)[C@H](CC(C)C)N(C)C(=O)C[C@@H](C(=O)N2CCCCC2)N(C)C(=O)[C@H](CC(C)C)NC(=O)C(C)(C)N(C)C1=O. The summed E-state index contributed by atoms with van der Waals surface area (Å²) in [7, 11) is 8.51. The highest BCUT2D eigenvalue weighted by atomic mass is 127. The fourth-order valence-corrected chi connectivity index (χ4v) is 13.0. The number of likely N-dealkylation sites (tertiary alicyclic amines) is 1. The lowest BCUT2D eigenvalue weighted by Gasteiger charge is -2.45. The van der Waals surface area contributed by atoms with Gasteiger partial charge in [-0.3, -0.25) is 57.5 Å². The van der Waals surface area contributed by atoms with Gasteiger partial charge in [0.2, 0.25) is 70.9 Å². The summed E-state index contributed by atoms with van der Waals surface area (Å²) in [6, 6.07) is 2.76. The van der Waals surface area contributed by atoms with Crippen LogP contribution < -0.4 is 21.3 Å².